The van der Waals surface area contributed by atoms with Gasteiger partial charge in [0, 0.05) is 10.6 Å². The molecule has 35 heavy (non-hydrogen) atoms. The third-order valence-corrected chi connectivity index (χ3v) is 6.95. The van der Waals surface area contributed by atoms with E-state index in [1.165, 1.54) is 16.2 Å². The van der Waals surface area contributed by atoms with Crippen LogP contribution in [0.4, 0.5) is 11.4 Å². The van der Waals surface area contributed by atoms with Crippen molar-refractivity contribution < 1.29 is 23.9 Å². The minimum Gasteiger partial charge on any atom is -0.465 e. The summed E-state index contributed by atoms with van der Waals surface area (Å²) >= 11 is 2.00. The Morgan fingerprint density at radius 3 is 2.49 bits per heavy atom. The zero-order valence-corrected chi connectivity index (χ0v) is 21.0. The van der Waals surface area contributed by atoms with Crippen LogP contribution < -0.4 is 21.7 Å². The maximum atomic E-state index is 13.9. The molecule has 184 valence electrons. The normalized spacial score (nSPS) is 11.5. The van der Waals surface area contributed by atoms with Gasteiger partial charge in [0.25, 0.3) is 11.8 Å². The third kappa shape index (κ3) is 5.66. The molecule has 2 aromatic heterocycles. The van der Waals surface area contributed by atoms with Crippen molar-refractivity contribution in [2.45, 2.75) is 26.8 Å². The first-order valence-electron chi connectivity index (χ1n) is 10.6. The smallest absolute Gasteiger partial charge is 0.325 e. The number of carbonyl (C=O) groups excluding carboxylic acids is 4. The number of hydrogen-bond donors (Lipinski definition) is 3. The Balaban J connectivity index is 2.12. The van der Waals surface area contributed by atoms with E-state index in [0.29, 0.717) is 10.6 Å². The van der Waals surface area contributed by atoms with Crippen LogP contribution in [0, 0.1) is 13.8 Å². The topological polar surface area (TPSA) is 158 Å². The van der Waals surface area contributed by atoms with Gasteiger partial charge in [0.2, 0.25) is 5.91 Å². The number of nitrogens with two attached hydrogens (primary N) is 2. The molecular weight excluding hydrogens is 490 g/mol. The van der Waals surface area contributed by atoms with Crippen LogP contribution in [0.2, 0.25) is 0 Å². The predicted octanol–water partition coefficient (Wildman–Crippen LogP) is 2.57. The Hall–Kier alpha value is -3.77. The Morgan fingerprint density at radius 1 is 1.17 bits per heavy atom. The minimum absolute atomic E-state index is 0.0308. The number of nitrogens with zero attached hydrogens (tertiary/aromatic N) is 2. The second kappa shape index (κ2) is 11.1. The first-order chi connectivity index (χ1) is 16.6. The van der Waals surface area contributed by atoms with Crippen molar-refractivity contribution in [3.8, 4) is 0 Å². The van der Waals surface area contributed by atoms with Gasteiger partial charge < -0.3 is 21.5 Å². The van der Waals surface area contributed by atoms with Gasteiger partial charge in [-0.2, -0.15) is 4.37 Å². The molecule has 0 saturated heterocycles. The van der Waals surface area contributed by atoms with Crippen LogP contribution in [0.25, 0.3) is 0 Å². The number of nitrogens with one attached hydrogen (secondary N) is 1. The van der Waals surface area contributed by atoms with Gasteiger partial charge >= 0.3 is 5.97 Å². The maximum absolute atomic E-state index is 13.9. The number of anilines is 2. The summed E-state index contributed by atoms with van der Waals surface area (Å²) < 4.78 is 8.82. The molecule has 12 heteroatoms. The van der Waals surface area contributed by atoms with Crippen LogP contribution in [-0.4, -0.2) is 41.2 Å². The number of benzene rings is 1. The van der Waals surface area contributed by atoms with Gasteiger partial charge in [-0.05, 0) is 67.0 Å². The molecule has 0 saturated carbocycles. The molecule has 0 fully saturated rings. The molecule has 0 aliphatic heterocycles. The Morgan fingerprint density at radius 2 is 1.91 bits per heavy atom. The molecule has 3 rings (SSSR count). The molecule has 3 amide bonds. The van der Waals surface area contributed by atoms with Gasteiger partial charge in [0.05, 0.1) is 12.3 Å². The van der Waals surface area contributed by atoms with Gasteiger partial charge in [0.1, 0.15) is 11.4 Å². The van der Waals surface area contributed by atoms with Crippen molar-refractivity contribution in [2.24, 2.45) is 5.73 Å². The number of amides is 3. The number of ether oxygens (including phenoxy) is 1. The number of aromatic nitrogens is 1. The van der Waals surface area contributed by atoms with E-state index < -0.39 is 29.7 Å². The number of aryl methyl sites for hydroxylation is 2. The van der Waals surface area contributed by atoms with Crippen molar-refractivity contribution in [3.05, 3.63) is 62.3 Å². The number of hydrogen-bond acceptors (Lipinski definition) is 9. The van der Waals surface area contributed by atoms with E-state index in [1.807, 2.05) is 19.9 Å². The SMILES string of the molecule is CCOC(=O)CNC(=O)[C@H](c1cccs1)N(C(=O)c1snc(C(N)=O)c1N)c1ccc(C)c(C)c1. The third-order valence-electron chi connectivity index (χ3n) is 5.17. The van der Waals surface area contributed by atoms with E-state index in [1.54, 1.807) is 36.6 Å². The number of esters is 1. The first-order valence-corrected chi connectivity index (χ1v) is 12.2. The summed E-state index contributed by atoms with van der Waals surface area (Å²) in [6, 6.07) is 7.65. The maximum Gasteiger partial charge on any atom is 0.325 e. The molecule has 5 N–H and O–H groups in total. The van der Waals surface area contributed by atoms with E-state index >= 15 is 0 Å². The molecular formula is C23H25N5O5S2. The average Bonchev–Trinajstić information content (AvgIpc) is 3.47. The molecule has 3 aromatic rings. The fraction of sp³-hybridized carbons (Fsp3) is 0.261. The van der Waals surface area contributed by atoms with E-state index in [2.05, 4.69) is 9.69 Å². The summed E-state index contributed by atoms with van der Waals surface area (Å²) in [5, 5.41) is 4.33. The van der Waals surface area contributed by atoms with Crippen LogP contribution in [0.15, 0.2) is 35.7 Å². The predicted molar refractivity (Wildman–Crippen MR) is 134 cm³/mol. The fourth-order valence-electron chi connectivity index (χ4n) is 3.29. The minimum atomic E-state index is -1.14. The molecule has 0 aliphatic rings. The largest absolute Gasteiger partial charge is 0.465 e. The highest BCUT2D eigenvalue weighted by molar-refractivity contribution is 7.10. The van der Waals surface area contributed by atoms with Crippen molar-refractivity contribution in [1.29, 1.82) is 0 Å². The van der Waals surface area contributed by atoms with Gasteiger partial charge in [-0.1, -0.05) is 12.1 Å². The lowest BCUT2D eigenvalue weighted by molar-refractivity contribution is -0.143. The van der Waals surface area contributed by atoms with Crippen molar-refractivity contribution in [3.63, 3.8) is 0 Å². The molecule has 0 radical (unpaired) electrons. The van der Waals surface area contributed by atoms with E-state index in [4.69, 9.17) is 16.2 Å². The second-order valence-electron chi connectivity index (χ2n) is 7.52. The number of primary amides is 1. The lowest BCUT2D eigenvalue weighted by Gasteiger charge is -2.30. The molecule has 0 bridgehead atoms. The van der Waals surface area contributed by atoms with Gasteiger partial charge in [-0.3, -0.25) is 24.1 Å². The van der Waals surface area contributed by atoms with Gasteiger partial charge in [-0.15, -0.1) is 11.3 Å². The summed E-state index contributed by atoms with van der Waals surface area (Å²) in [5.41, 5.74) is 13.3. The summed E-state index contributed by atoms with van der Waals surface area (Å²) in [6.07, 6.45) is 0. The van der Waals surface area contributed by atoms with Crippen LogP contribution >= 0.6 is 22.9 Å². The number of carbonyl (C=O) groups is 4. The molecule has 1 atom stereocenters. The fourth-order valence-corrected chi connectivity index (χ4v) is 4.84. The quantitative estimate of drug-likeness (QED) is 0.370. The highest BCUT2D eigenvalue weighted by atomic mass is 32.1. The van der Waals surface area contributed by atoms with Crippen LogP contribution in [0.5, 0.6) is 0 Å². The molecule has 10 nitrogen and oxygen atoms in total. The van der Waals surface area contributed by atoms with Crippen LogP contribution in [0.3, 0.4) is 0 Å². The Kier molecular flexibility index (Phi) is 8.20. The van der Waals surface area contributed by atoms with Crippen LogP contribution in [0.1, 0.15) is 49.1 Å². The number of rotatable bonds is 9. The van der Waals surface area contributed by atoms with E-state index in [0.717, 1.165) is 22.7 Å². The van der Waals surface area contributed by atoms with Crippen LogP contribution in [-0.2, 0) is 14.3 Å². The summed E-state index contributed by atoms with van der Waals surface area (Å²) in [4.78, 5) is 52.6. The number of nitrogen functional groups attached to an aromatic ring is 1. The lowest BCUT2D eigenvalue weighted by Crippen LogP contribution is -2.45. The molecule has 0 unspecified atom stereocenters. The zero-order valence-electron chi connectivity index (χ0n) is 19.4. The molecule has 2 heterocycles. The molecule has 1 aromatic carbocycles. The Labute approximate surface area is 210 Å². The number of thiophene rings is 1. The molecule has 0 aliphatic carbocycles. The van der Waals surface area contributed by atoms with Gasteiger partial charge in [-0.25, -0.2) is 0 Å². The standard InChI is InChI=1S/C23H25N5O5S2/c1-4-33-16(29)11-26-22(31)19(15-6-5-9-34-15)28(14-8-7-12(2)13(3)10-14)23(32)20-17(24)18(21(25)30)27-35-20/h5-10,19H,4,11,24H2,1-3H3,(H2,25,30)(H,26,31)/t19-/m0/s1. The molecule has 0 spiro atoms. The monoisotopic (exact) mass is 515 g/mol. The van der Waals surface area contributed by atoms with E-state index in [9.17, 15) is 19.2 Å². The highest BCUT2D eigenvalue weighted by Crippen LogP contribution is 2.35. The zero-order chi connectivity index (χ0) is 25.7. The van der Waals surface area contributed by atoms with Gasteiger partial charge in [0.15, 0.2) is 11.7 Å². The summed E-state index contributed by atoms with van der Waals surface area (Å²) in [6.45, 7) is 5.28. The Bertz CT molecular complexity index is 1260. The van der Waals surface area contributed by atoms with Crippen molar-refractivity contribution in [2.75, 3.05) is 23.8 Å². The van der Waals surface area contributed by atoms with Crippen molar-refractivity contribution in [1.82, 2.24) is 9.69 Å². The second-order valence-corrected chi connectivity index (χ2v) is 9.28. The summed E-state index contributed by atoms with van der Waals surface area (Å²) in [7, 11) is 0. The van der Waals surface area contributed by atoms with Crippen molar-refractivity contribution >= 4 is 57.9 Å². The summed E-state index contributed by atoms with van der Waals surface area (Å²) in [5.74, 6) is -2.70. The first kappa shape index (κ1) is 25.8. The lowest BCUT2D eigenvalue weighted by atomic mass is 10.1. The highest BCUT2D eigenvalue weighted by Gasteiger charge is 2.36. The van der Waals surface area contributed by atoms with E-state index in [-0.39, 0.29) is 29.4 Å². The average molecular weight is 516 g/mol.